The fourth-order valence-corrected chi connectivity index (χ4v) is 4.59. The van der Waals surface area contributed by atoms with E-state index in [1.165, 1.54) is 26.2 Å². The molecule has 0 spiro atoms. The maximum Gasteiger partial charge on any atom is 0.338 e. The lowest BCUT2D eigenvalue weighted by Crippen LogP contribution is -2.60. The van der Waals surface area contributed by atoms with Gasteiger partial charge in [0, 0.05) is 20.6 Å². The fourth-order valence-electron chi connectivity index (χ4n) is 4.59. The van der Waals surface area contributed by atoms with Crippen molar-refractivity contribution < 1.29 is 38.0 Å². The number of esters is 1. The first kappa shape index (κ1) is 28.2. The average Bonchev–Trinajstić information content (AvgIpc) is 2.92. The van der Waals surface area contributed by atoms with Gasteiger partial charge >= 0.3 is 5.97 Å². The molecule has 1 aliphatic rings. The summed E-state index contributed by atoms with van der Waals surface area (Å²) in [5.41, 5.74) is 2.51. The number of aliphatic hydroxyl groups excluding tert-OH is 1. The Hall–Kier alpha value is -3.79. The number of rotatable bonds is 9. The zero-order chi connectivity index (χ0) is 27.9. The standard InChI is InChI=1S/C30H32FNO7/c1-18-27(36-3)26(34)28(39-29(35)21-8-5-4-6-9-21)30(37-18)38-24-13-12-20(14-15-32-19(2)33)25(17-24)22-10-7-11-23(31)16-22/h4-13,16-18,26-28,30,34H,14-15H2,1-3H3,(H,32,33)/t18-,26+,27-,28+,30-/m0/s1. The van der Waals surface area contributed by atoms with Gasteiger partial charge in [-0.25, -0.2) is 9.18 Å². The second-order valence-electron chi connectivity index (χ2n) is 9.32. The quantitative estimate of drug-likeness (QED) is 0.399. The summed E-state index contributed by atoms with van der Waals surface area (Å²) in [5.74, 6) is -0.818. The highest BCUT2D eigenvalue weighted by molar-refractivity contribution is 5.89. The predicted octanol–water partition coefficient (Wildman–Crippen LogP) is 3.90. The molecule has 1 amide bonds. The number of hydrogen-bond donors (Lipinski definition) is 2. The van der Waals surface area contributed by atoms with Crippen molar-refractivity contribution in [2.75, 3.05) is 13.7 Å². The Labute approximate surface area is 226 Å². The Morgan fingerprint density at radius 3 is 2.49 bits per heavy atom. The van der Waals surface area contributed by atoms with Crippen LogP contribution in [0.15, 0.2) is 72.8 Å². The highest BCUT2D eigenvalue weighted by Gasteiger charge is 2.47. The first-order valence-corrected chi connectivity index (χ1v) is 12.7. The molecule has 1 fully saturated rings. The van der Waals surface area contributed by atoms with E-state index in [0.29, 0.717) is 35.4 Å². The van der Waals surface area contributed by atoms with Crippen LogP contribution < -0.4 is 10.1 Å². The number of aliphatic hydroxyl groups is 1. The van der Waals surface area contributed by atoms with Gasteiger partial charge in [-0.1, -0.05) is 36.4 Å². The third-order valence-electron chi connectivity index (χ3n) is 6.52. The van der Waals surface area contributed by atoms with Crippen LogP contribution in [0.2, 0.25) is 0 Å². The third kappa shape index (κ3) is 7.00. The lowest BCUT2D eigenvalue weighted by Gasteiger charge is -2.42. The van der Waals surface area contributed by atoms with Crippen molar-refractivity contribution in [3.8, 4) is 16.9 Å². The zero-order valence-corrected chi connectivity index (χ0v) is 22.0. The second-order valence-corrected chi connectivity index (χ2v) is 9.32. The summed E-state index contributed by atoms with van der Waals surface area (Å²) in [6.45, 7) is 3.58. The Balaban J connectivity index is 1.63. The lowest BCUT2D eigenvalue weighted by atomic mass is 9.97. The van der Waals surface area contributed by atoms with Gasteiger partial charge in [0.05, 0.1) is 11.7 Å². The van der Waals surface area contributed by atoms with Gasteiger partial charge in [0.25, 0.3) is 0 Å². The Kier molecular flexibility index (Phi) is 9.29. The van der Waals surface area contributed by atoms with Crippen molar-refractivity contribution in [1.82, 2.24) is 5.32 Å². The average molecular weight is 538 g/mol. The van der Waals surface area contributed by atoms with Gasteiger partial charge in [-0.2, -0.15) is 0 Å². The van der Waals surface area contributed by atoms with Crippen LogP contribution in [0.4, 0.5) is 4.39 Å². The number of carbonyl (C=O) groups is 2. The van der Waals surface area contributed by atoms with E-state index in [1.54, 1.807) is 61.5 Å². The van der Waals surface area contributed by atoms with Crippen molar-refractivity contribution in [3.05, 3.63) is 89.7 Å². The molecule has 9 heteroatoms. The van der Waals surface area contributed by atoms with Gasteiger partial charge < -0.3 is 29.4 Å². The van der Waals surface area contributed by atoms with Crippen molar-refractivity contribution in [1.29, 1.82) is 0 Å². The summed E-state index contributed by atoms with van der Waals surface area (Å²) >= 11 is 0. The minimum atomic E-state index is -1.23. The van der Waals surface area contributed by atoms with Gasteiger partial charge in [-0.05, 0) is 66.4 Å². The SMILES string of the molecule is CO[C@@H]1[C@@H](O)[C@@H](OC(=O)c2ccccc2)[C@H](Oc2ccc(CCNC(C)=O)c(-c3cccc(F)c3)c2)O[C@H]1C. The molecule has 0 unspecified atom stereocenters. The number of methoxy groups -OCH3 is 1. The molecule has 0 bridgehead atoms. The summed E-state index contributed by atoms with van der Waals surface area (Å²) in [5, 5.41) is 13.8. The molecule has 39 heavy (non-hydrogen) atoms. The lowest BCUT2D eigenvalue weighted by molar-refractivity contribution is -0.271. The largest absolute Gasteiger partial charge is 0.461 e. The number of amides is 1. The van der Waals surface area contributed by atoms with E-state index >= 15 is 0 Å². The summed E-state index contributed by atoms with van der Waals surface area (Å²) in [7, 11) is 1.44. The van der Waals surface area contributed by atoms with Crippen LogP contribution in [0.5, 0.6) is 5.75 Å². The van der Waals surface area contributed by atoms with E-state index in [1.807, 2.05) is 6.07 Å². The molecule has 1 heterocycles. The number of carbonyl (C=O) groups excluding carboxylic acids is 2. The van der Waals surface area contributed by atoms with Gasteiger partial charge in [-0.3, -0.25) is 4.79 Å². The maximum absolute atomic E-state index is 14.1. The van der Waals surface area contributed by atoms with Gasteiger partial charge in [0.2, 0.25) is 12.2 Å². The summed E-state index contributed by atoms with van der Waals surface area (Å²) in [6.07, 6.45) is -4.39. The minimum absolute atomic E-state index is 0.144. The maximum atomic E-state index is 14.1. The molecule has 1 saturated heterocycles. The van der Waals surface area contributed by atoms with Gasteiger partial charge in [0.15, 0.2) is 6.10 Å². The second kappa shape index (κ2) is 12.8. The van der Waals surface area contributed by atoms with Gasteiger partial charge in [-0.15, -0.1) is 0 Å². The topological polar surface area (TPSA) is 103 Å². The molecule has 0 aromatic heterocycles. The highest BCUT2D eigenvalue weighted by atomic mass is 19.1. The summed E-state index contributed by atoms with van der Waals surface area (Å²) in [6, 6.07) is 19.8. The van der Waals surface area contributed by atoms with Gasteiger partial charge in [0.1, 0.15) is 23.8 Å². The molecule has 3 aromatic carbocycles. The van der Waals surface area contributed by atoms with Crippen LogP contribution in [-0.4, -0.2) is 61.3 Å². The number of benzene rings is 3. The minimum Gasteiger partial charge on any atom is -0.461 e. The molecule has 0 radical (unpaired) electrons. The van der Waals surface area contributed by atoms with E-state index in [9.17, 15) is 19.1 Å². The van der Waals surface area contributed by atoms with Crippen LogP contribution in [0.1, 0.15) is 29.8 Å². The molecule has 2 N–H and O–H groups in total. The van der Waals surface area contributed by atoms with E-state index in [0.717, 1.165) is 5.56 Å². The molecule has 0 saturated carbocycles. The first-order valence-electron chi connectivity index (χ1n) is 12.7. The van der Waals surface area contributed by atoms with Crippen molar-refractivity contribution in [2.45, 2.75) is 51.0 Å². The molecule has 1 aliphatic heterocycles. The van der Waals surface area contributed by atoms with Crippen LogP contribution in [0, 0.1) is 5.82 Å². The van der Waals surface area contributed by atoms with Crippen LogP contribution >= 0.6 is 0 Å². The first-order chi connectivity index (χ1) is 18.8. The normalized spacial score (nSPS) is 22.6. The van der Waals surface area contributed by atoms with Crippen LogP contribution in [0.25, 0.3) is 11.1 Å². The van der Waals surface area contributed by atoms with E-state index < -0.39 is 42.5 Å². The van der Waals surface area contributed by atoms with Crippen molar-refractivity contribution in [2.24, 2.45) is 0 Å². The zero-order valence-electron chi connectivity index (χ0n) is 22.0. The monoisotopic (exact) mass is 537 g/mol. The Morgan fingerprint density at radius 1 is 1.03 bits per heavy atom. The van der Waals surface area contributed by atoms with Crippen LogP contribution in [0.3, 0.4) is 0 Å². The van der Waals surface area contributed by atoms with E-state index in [2.05, 4.69) is 5.32 Å². The molecule has 206 valence electrons. The van der Waals surface area contributed by atoms with Crippen molar-refractivity contribution >= 4 is 11.9 Å². The summed E-state index contributed by atoms with van der Waals surface area (Å²) < 4.78 is 37.3. The van der Waals surface area contributed by atoms with Crippen molar-refractivity contribution in [3.63, 3.8) is 0 Å². The molecular weight excluding hydrogens is 505 g/mol. The number of nitrogens with one attached hydrogen (secondary N) is 1. The predicted molar refractivity (Wildman–Crippen MR) is 142 cm³/mol. The molecule has 8 nitrogen and oxygen atoms in total. The molecule has 3 aromatic rings. The molecule has 4 rings (SSSR count). The number of hydrogen-bond acceptors (Lipinski definition) is 7. The van der Waals surface area contributed by atoms with E-state index in [4.69, 9.17) is 18.9 Å². The summed E-state index contributed by atoms with van der Waals surface area (Å²) in [4.78, 5) is 24.2. The molecule has 0 aliphatic carbocycles. The third-order valence-corrected chi connectivity index (χ3v) is 6.52. The molecule has 5 atom stereocenters. The fraction of sp³-hybridized carbons (Fsp3) is 0.333. The highest BCUT2D eigenvalue weighted by Crippen LogP contribution is 2.32. The smallest absolute Gasteiger partial charge is 0.338 e. The number of halogens is 1. The number of ether oxygens (including phenoxy) is 4. The van der Waals surface area contributed by atoms with Crippen LogP contribution in [-0.2, 0) is 25.4 Å². The Morgan fingerprint density at radius 2 is 1.79 bits per heavy atom. The van der Waals surface area contributed by atoms with E-state index in [-0.39, 0.29) is 5.91 Å². The molecular formula is C30H32FNO7. The Bertz CT molecular complexity index is 1290.